The van der Waals surface area contributed by atoms with Crippen molar-refractivity contribution in [2.75, 3.05) is 13.2 Å². The fraction of sp³-hybridized carbons (Fsp3) is 0.467. The number of hydrogen-bond acceptors (Lipinski definition) is 4. The number of aromatic nitrogens is 3. The highest BCUT2D eigenvalue weighted by Gasteiger charge is 2.15. The SMILES string of the molecule is CCNC(COC(C)C)c1cnn(-c2ccccc2)n1. The summed E-state index contributed by atoms with van der Waals surface area (Å²) in [5, 5.41) is 12.2. The summed E-state index contributed by atoms with van der Waals surface area (Å²) < 4.78 is 5.69. The van der Waals surface area contributed by atoms with Crippen molar-refractivity contribution in [1.82, 2.24) is 20.3 Å². The van der Waals surface area contributed by atoms with Crippen LogP contribution in [0.15, 0.2) is 36.5 Å². The Morgan fingerprint density at radius 2 is 2.00 bits per heavy atom. The molecular formula is C15H22N4O. The number of ether oxygens (including phenoxy) is 1. The average Bonchev–Trinajstić information content (AvgIpc) is 2.94. The monoisotopic (exact) mass is 274 g/mol. The van der Waals surface area contributed by atoms with E-state index < -0.39 is 0 Å². The van der Waals surface area contributed by atoms with Gasteiger partial charge in [-0.15, -0.1) is 0 Å². The first-order valence-electron chi connectivity index (χ1n) is 7.03. The van der Waals surface area contributed by atoms with Crippen LogP contribution in [0.25, 0.3) is 5.69 Å². The van der Waals surface area contributed by atoms with Gasteiger partial charge in [-0.25, -0.2) is 0 Å². The molecule has 0 aliphatic carbocycles. The smallest absolute Gasteiger partial charge is 0.102 e. The van der Waals surface area contributed by atoms with Crippen LogP contribution in [0.4, 0.5) is 0 Å². The molecule has 1 aromatic carbocycles. The number of nitrogens with one attached hydrogen (secondary N) is 1. The van der Waals surface area contributed by atoms with Gasteiger partial charge in [-0.3, -0.25) is 0 Å². The predicted molar refractivity (Wildman–Crippen MR) is 78.9 cm³/mol. The molecule has 0 radical (unpaired) electrons. The summed E-state index contributed by atoms with van der Waals surface area (Å²) in [4.78, 5) is 1.65. The zero-order valence-electron chi connectivity index (χ0n) is 12.3. The van der Waals surface area contributed by atoms with E-state index in [1.165, 1.54) is 0 Å². The zero-order chi connectivity index (χ0) is 14.4. The van der Waals surface area contributed by atoms with E-state index in [-0.39, 0.29) is 12.1 Å². The molecule has 1 aromatic heterocycles. The van der Waals surface area contributed by atoms with Crippen molar-refractivity contribution in [3.05, 3.63) is 42.2 Å². The molecule has 5 nitrogen and oxygen atoms in total. The summed E-state index contributed by atoms with van der Waals surface area (Å²) in [6.07, 6.45) is 2.00. The zero-order valence-corrected chi connectivity index (χ0v) is 12.3. The van der Waals surface area contributed by atoms with E-state index >= 15 is 0 Å². The predicted octanol–water partition coefficient (Wildman–Crippen LogP) is 2.34. The van der Waals surface area contributed by atoms with Crippen LogP contribution in [-0.2, 0) is 4.74 Å². The molecule has 2 aromatic rings. The molecule has 0 amide bonds. The van der Waals surface area contributed by atoms with E-state index in [0.717, 1.165) is 17.9 Å². The van der Waals surface area contributed by atoms with Crippen molar-refractivity contribution < 1.29 is 4.74 Å². The van der Waals surface area contributed by atoms with Gasteiger partial charge < -0.3 is 10.1 Å². The van der Waals surface area contributed by atoms with Crippen molar-refractivity contribution in [1.29, 1.82) is 0 Å². The van der Waals surface area contributed by atoms with Gasteiger partial charge in [0.2, 0.25) is 0 Å². The summed E-state index contributed by atoms with van der Waals surface area (Å²) >= 11 is 0. The highest BCUT2D eigenvalue weighted by atomic mass is 16.5. The van der Waals surface area contributed by atoms with Gasteiger partial charge in [0.25, 0.3) is 0 Å². The maximum Gasteiger partial charge on any atom is 0.102 e. The molecule has 0 aliphatic rings. The number of likely N-dealkylation sites (N-methyl/N-ethyl adjacent to an activating group) is 1. The molecule has 108 valence electrons. The first-order chi connectivity index (χ1) is 9.70. The Bertz CT molecular complexity index is 510. The standard InChI is InChI=1S/C15H22N4O/c1-4-16-15(11-20-12(2)3)14-10-17-19(18-14)13-8-6-5-7-9-13/h5-10,12,15-16H,4,11H2,1-3H3. The fourth-order valence-electron chi connectivity index (χ4n) is 1.90. The number of benzene rings is 1. The molecule has 2 rings (SSSR count). The van der Waals surface area contributed by atoms with Gasteiger partial charge in [-0.1, -0.05) is 25.1 Å². The molecule has 0 aliphatic heterocycles. The molecule has 5 heteroatoms. The lowest BCUT2D eigenvalue weighted by Crippen LogP contribution is -2.27. The van der Waals surface area contributed by atoms with Crippen LogP contribution in [-0.4, -0.2) is 34.2 Å². The maximum absolute atomic E-state index is 5.69. The minimum atomic E-state index is 0.0693. The first-order valence-corrected chi connectivity index (χ1v) is 7.03. The van der Waals surface area contributed by atoms with Gasteiger partial charge in [-0.2, -0.15) is 15.0 Å². The second-order valence-corrected chi connectivity index (χ2v) is 4.89. The van der Waals surface area contributed by atoms with E-state index in [1.807, 2.05) is 44.2 Å². The van der Waals surface area contributed by atoms with Crippen LogP contribution in [0.3, 0.4) is 0 Å². The Morgan fingerprint density at radius 1 is 1.25 bits per heavy atom. The van der Waals surface area contributed by atoms with Crippen LogP contribution >= 0.6 is 0 Å². The summed E-state index contributed by atoms with van der Waals surface area (Å²) in [7, 11) is 0. The molecular weight excluding hydrogens is 252 g/mol. The summed E-state index contributed by atoms with van der Waals surface area (Å²) in [5.41, 5.74) is 1.86. The van der Waals surface area contributed by atoms with Gasteiger partial charge in [-0.05, 0) is 32.5 Å². The molecule has 0 bridgehead atoms. The van der Waals surface area contributed by atoms with Crippen molar-refractivity contribution in [3.63, 3.8) is 0 Å². The van der Waals surface area contributed by atoms with Crippen LogP contribution in [0.2, 0.25) is 0 Å². The van der Waals surface area contributed by atoms with Crippen molar-refractivity contribution in [2.45, 2.75) is 32.9 Å². The molecule has 0 saturated heterocycles. The Balaban J connectivity index is 2.12. The van der Waals surface area contributed by atoms with E-state index in [4.69, 9.17) is 4.74 Å². The first kappa shape index (κ1) is 14.7. The Labute approximate surface area is 120 Å². The van der Waals surface area contributed by atoms with Crippen LogP contribution in [0, 0.1) is 0 Å². The summed E-state index contributed by atoms with van der Waals surface area (Å²) in [5.74, 6) is 0. The normalized spacial score (nSPS) is 12.8. The van der Waals surface area contributed by atoms with Crippen molar-refractivity contribution in [3.8, 4) is 5.69 Å². The van der Waals surface area contributed by atoms with Gasteiger partial charge >= 0.3 is 0 Å². The number of nitrogens with zero attached hydrogens (tertiary/aromatic N) is 3. The second kappa shape index (κ2) is 7.17. The molecule has 1 atom stereocenters. The highest BCUT2D eigenvalue weighted by molar-refractivity contribution is 5.28. The molecule has 1 N–H and O–H groups in total. The molecule has 0 fully saturated rings. The van der Waals surface area contributed by atoms with Crippen molar-refractivity contribution in [2.24, 2.45) is 0 Å². The summed E-state index contributed by atoms with van der Waals surface area (Å²) in [6, 6.07) is 9.96. The van der Waals surface area contributed by atoms with Crippen LogP contribution < -0.4 is 5.32 Å². The number of para-hydroxylation sites is 1. The van der Waals surface area contributed by atoms with E-state index in [0.29, 0.717) is 6.61 Å². The number of rotatable bonds is 7. The molecule has 0 spiro atoms. The van der Waals surface area contributed by atoms with Crippen LogP contribution in [0.5, 0.6) is 0 Å². The van der Waals surface area contributed by atoms with Gasteiger partial charge in [0.15, 0.2) is 0 Å². The maximum atomic E-state index is 5.69. The van der Waals surface area contributed by atoms with E-state index in [9.17, 15) is 0 Å². The molecule has 20 heavy (non-hydrogen) atoms. The largest absolute Gasteiger partial charge is 0.377 e. The highest BCUT2D eigenvalue weighted by Crippen LogP contribution is 2.12. The van der Waals surface area contributed by atoms with Gasteiger partial charge in [0, 0.05) is 0 Å². The quantitative estimate of drug-likeness (QED) is 0.842. The fourth-order valence-corrected chi connectivity index (χ4v) is 1.90. The van der Waals surface area contributed by atoms with E-state index in [2.05, 4.69) is 22.4 Å². The lowest BCUT2D eigenvalue weighted by molar-refractivity contribution is 0.0606. The molecule has 0 saturated carbocycles. The van der Waals surface area contributed by atoms with Crippen molar-refractivity contribution >= 4 is 0 Å². The minimum absolute atomic E-state index is 0.0693. The topological polar surface area (TPSA) is 52.0 Å². The third kappa shape index (κ3) is 3.88. The third-order valence-electron chi connectivity index (χ3n) is 2.90. The Morgan fingerprint density at radius 3 is 2.65 bits per heavy atom. The Hall–Kier alpha value is -1.72. The lowest BCUT2D eigenvalue weighted by atomic mass is 10.2. The average molecular weight is 274 g/mol. The Kier molecular flexibility index (Phi) is 5.26. The van der Waals surface area contributed by atoms with Crippen LogP contribution in [0.1, 0.15) is 32.5 Å². The second-order valence-electron chi connectivity index (χ2n) is 4.89. The van der Waals surface area contributed by atoms with Gasteiger partial charge in [0.05, 0.1) is 30.6 Å². The third-order valence-corrected chi connectivity index (χ3v) is 2.90. The molecule has 1 unspecified atom stereocenters. The van der Waals surface area contributed by atoms with E-state index in [1.54, 1.807) is 11.0 Å². The summed E-state index contributed by atoms with van der Waals surface area (Å²) in [6.45, 7) is 7.60. The minimum Gasteiger partial charge on any atom is -0.377 e. The van der Waals surface area contributed by atoms with Gasteiger partial charge in [0.1, 0.15) is 5.69 Å². The molecule has 1 heterocycles. The lowest BCUT2D eigenvalue weighted by Gasteiger charge is -2.17. The number of hydrogen-bond donors (Lipinski definition) is 1.